The van der Waals surface area contributed by atoms with Gasteiger partial charge in [-0.25, -0.2) is 0 Å². The summed E-state index contributed by atoms with van der Waals surface area (Å²) in [5.41, 5.74) is -0.913. The number of hydrogen-bond acceptors (Lipinski definition) is 6. The average Bonchev–Trinajstić information content (AvgIpc) is 2.77. The molecule has 3 rings (SSSR count). The van der Waals surface area contributed by atoms with Crippen LogP contribution in [0.25, 0.3) is 0 Å². The molecular weight excluding hydrogens is 240 g/mol. The van der Waals surface area contributed by atoms with Crippen LogP contribution >= 0.6 is 0 Å². The average molecular weight is 258 g/mol. The van der Waals surface area contributed by atoms with Crippen molar-refractivity contribution in [2.75, 3.05) is 6.61 Å². The molecule has 102 valence electrons. The van der Waals surface area contributed by atoms with E-state index in [1.807, 2.05) is 0 Å². The summed E-state index contributed by atoms with van der Waals surface area (Å²) in [4.78, 5) is 11.5. The third kappa shape index (κ3) is 1.64. The predicted octanol–water partition coefficient (Wildman–Crippen LogP) is -0.0282. The Morgan fingerprint density at radius 2 is 2.06 bits per heavy atom. The fourth-order valence-corrected chi connectivity index (χ4v) is 3.13. The third-order valence-corrected chi connectivity index (χ3v) is 3.70. The maximum absolute atomic E-state index is 11.5. The quantitative estimate of drug-likeness (QED) is 0.750. The third-order valence-electron chi connectivity index (χ3n) is 3.70. The van der Waals surface area contributed by atoms with E-state index in [-0.39, 0.29) is 18.8 Å². The topological polar surface area (TPSA) is 74.2 Å². The van der Waals surface area contributed by atoms with Crippen molar-refractivity contribution in [2.24, 2.45) is 0 Å². The fourth-order valence-electron chi connectivity index (χ4n) is 3.13. The normalized spacial score (nSPS) is 49.1. The molecule has 0 aromatic rings. The first-order valence-corrected chi connectivity index (χ1v) is 6.17. The highest BCUT2D eigenvalue weighted by molar-refractivity contribution is 5.77. The first-order chi connectivity index (χ1) is 8.34. The Morgan fingerprint density at radius 1 is 1.33 bits per heavy atom. The summed E-state index contributed by atoms with van der Waals surface area (Å²) in [5.74, 6) is -0.785. The summed E-state index contributed by atoms with van der Waals surface area (Å²) in [5, 5.41) is 9.89. The van der Waals surface area contributed by atoms with Crippen molar-refractivity contribution in [1.82, 2.24) is 0 Å². The van der Waals surface area contributed by atoms with Crippen LogP contribution in [-0.4, -0.2) is 53.5 Å². The molecule has 0 aromatic heterocycles. The molecule has 0 radical (unpaired) electrons. The van der Waals surface area contributed by atoms with E-state index in [0.717, 1.165) is 0 Å². The van der Waals surface area contributed by atoms with Gasteiger partial charge < -0.3 is 24.1 Å². The van der Waals surface area contributed by atoms with E-state index < -0.39 is 36.0 Å². The molecule has 3 heterocycles. The van der Waals surface area contributed by atoms with Crippen molar-refractivity contribution in [2.45, 2.75) is 63.2 Å². The lowest BCUT2D eigenvalue weighted by Gasteiger charge is -2.32. The van der Waals surface area contributed by atoms with Gasteiger partial charge in [0, 0.05) is 6.42 Å². The van der Waals surface area contributed by atoms with Gasteiger partial charge in [-0.1, -0.05) is 0 Å². The smallest absolute Gasteiger partial charge is 0.190 e. The minimum absolute atomic E-state index is 0.0216. The molecule has 3 aliphatic rings. The number of ether oxygens (including phenoxy) is 4. The van der Waals surface area contributed by atoms with Gasteiger partial charge >= 0.3 is 0 Å². The zero-order valence-corrected chi connectivity index (χ0v) is 10.7. The summed E-state index contributed by atoms with van der Waals surface area (Å²) in [6, 6.07) is 0. The molecule has 0 aromatic carbocycles. The van der Waals surface area contributed by atoms with E-state index >= 15 is 0 Å². The second-order valence-electron chi connectivity index (χ2n) is 5.69. The van der Waals surface area contributed by atoms with E-state index in [9.17, 15) is 9.90 Å². The molecule has 3 saturated heterocycles. The van der Waals surface area contributed by atoms with Gasteiger partial charge in [0.25, 0.3) is 0 Å². The summed E-state index contributed by atoms with van der Waals surface area (Å²) >= 11 is 0. The van der Waals surface area contributed by atoms with Crippen LogP contribution in [0.5, 0.6) is 0 Å². The lowest BCUT2D eigenvalue weighted by atomic mass is 9.87. The van der Waals surface area contributed by atoms with E-state index in [4.69, 9.17) is 18.9 Å². The maximum Gasteiger partial charge on any atom is 0.190 e. The number of Topliss-reactive ketones (excluding diaryl/α,β-unsaturated/α-hetero) is 1. The van der Waals surface area contributed by atoms with Crippen molar-refractivity contribution in [3.63, 3.8) is 0 Å². The van der Waals surface area contributed by atoms with Gasteiger partial charge in [-0.3, -0.25) is 4.79 Å². The lowest BCUT2D eigenvalue weighted by Crippen LogP contribution is -2.50. The molecule has 3 fully saturated rings. The number of aliphatic hydroxyl groups excluding tert-OH is 1. The zero-order chi connectivity index (χ0) is 13.1. The van der Waals surface area contributed by atoms with Gasteiger partial charge in [0.05, 0.1) is 6.61 Å². The molecular formula is C12H18O6. The predicted molar refractivity (Wildman–Crippen MR) is 58.7 cm³/mol. The fraction of sp³-hybridized carbons (Fsp3) is 0.917. The van der Waals surface area contributed by atoms with Crippen molar-refractivity contribution < 1.29 is 28.8 Å². The lowest BCUT2D eigenvalue weighted by molar-refractivity contribution is -0.226. The largest absolute Gasteiger partial charge is 0.388 e. The zero-order valence-electron chi connectivity index (χ0n) is 10.7. The molecule has 6 nitrogen and oxygen atoms in total. The van der Waals surface area contributed by atoms with Gasteiger partial charge in [0.1, 0.15) is 29.7 Å². The number of hydrogen-bond donors (Lipinski definition) is 1. The summed E-state index contributed by atoms with van der Waals surface area (Å²) in [6.07, 6.45) is -2.20. The van der Waals surface area contributed by atoms with Gasteiger partial charge in [0.2, 0.25) is 0 Å². The molecule has 0 amide bonds. The Hall–Kier alpha value is -0.530. The molecule has 1 N–H and O–H groups in total. The minimum Gasteiger partial charge on any atom is -0.388 e. The number of fused-ring (bicyclic) bond motifs is 3. The molecule has 0 bridgehead atoms. The minimum atomic E-state index is -0.913. The second-order valence-corrected chi connectivity index (χ2v) is 5.69. The molecule has 3 aliphatic heterocycles. The van der Waals surface area contributed by atoms with Crippen LogP contribution < -0.4 is 0 Å². The number of carbonyl (C=O) groups is 1. The van der Waals surface area contributed by atoms with Crippen molar-refractivity contribution in [3.8, 4) is 0 Å². The highest BCUT2D eigenvalue weighted by Crippen LogP contribution is 2.50. The Labute approximate surface area is 105 Å². The molecule has 0 spiro atoms. The summed E-state index contributed by atoms with van der Waals surface area (Å²) < 4.78 is 22.8. The van der Waals surface area contributed by atoms with Crippen molar-refractivity contribution in [3.05, 3.63) is 0 Å². The Morgan fingerprint density at radius 3 is 2.72 bits per heavy atom. The van der Waals surface area contributed by atoms with Crippen LogP contribution in [-0.2, 0) is 23.7 Å². The van der Waals surface area contributed by atoms with Crippen molar-refractivity contribution in [1.29, 1.82) is 0 Å². The van der Waals surface area contributed by atoms with Gasteiger partial charge in [-0.05, 0) is 20.8 Å². The first kappa shape index (κ1) is 12.5. The standard InChI is InChI=1S/C12H18O6/c1-6(13)4-12-8(7(14)5-15-12)16-10-9(12)17-11(2,3)18-10/h7-10,14H,4-5H2,1-3H3/t7-,8-,9+,10-,12+/m1/s1. The van der Waals surface area contributed by atoms with Crippen LogP contribution in [0, 0.1) is 0 Å². The monoisotopic (exact) mass is 258 g/mol. The summed E-state index contributed by atoms with van der Waals surface area (Å²) in [6.45, 7) is 5.23. The Kier molecular flexibility index (Phi) is 2.60. The van der Waals surface area contributed by atoms with E-state index in [1.54, 1.807) is 13.8 Å². The van der Waals surface area contributed by atoms with Crippen LogP contribution in [0.4, 0.5) is 0 Å². The highest BCUT2D eigenvalue weighted by Gasteiger charge is 2.69. The van der Waals surface area contributed by atoms with Gasteiger partial charge in [-0.2, -0.15) is 0 Å². The van der Waals surface area contributed by atoms with E-state index in [2.05, 4.69) is 0 Å². The molecule has 5 atom stereocenters. The molecule has 6 heteroatoms. The molecule has 0 aliphatic carbocycles. The van der Waals surface area contributed by atoms with Gasteiger partial charge in [0.15, 0.2) is 12.1 Å². The van der Waals surface area contributed by atoms with Crippen molar-refractivity contribution >= 4 is 5.78 Å². The highest BCUT2D eigenvalue weighted by atomic mass is 16.8. The first-order valence-electron chi connectivity index (χ1n) is 6.17. The Bertz CT molecular complexity index is 381. The van der Waals surface area contributed by atoms with Crippen LogP contribution in [0.3, 0.4) is 0 Å². The summed E-state index contributed by atoms with van der Waals surface area (Å²) in [7, 11) is 0. The SMILES string of the molecule is CC(=O)C[C@]12OC[C@@H](O)[C@H]1O[C@@H]1OC(C)(C)O[C@@H]12. The number of ketones is 1. The number of rotatable bonds is 2. The molecule has 18 heavy (non-hydrogen) atoms. The molecule has 0 unspecified atom stereocenters. The van der Waals surface area contributed by atoms with Crippen LogP contribution in [0.15, 0.2) is 0 Å². The second kappa shape index (κ2) is 3.74. The van der Waals surface area contributed by atoms with Gasteiger partial charge in [-0.15, -0.1) is 0 Å². The van der Waals surface area contributed by atoms with Crippen LogP contribution in [0.2, 0.25) is 0 Å². The number of aliphatic hydroxyl groups is 1. The van der Waals surface area contributed by atoms with E-state index in [1.165, 1.54) is 6.92 Å². The maximum atomic E-state index is 11.5. The van der Waals surface area contributed by atoms with Crippen LogP contribution in [0.1, 0.15) is 27.2 Å². The Balaban J connectivity index is 1.93. The van der Waals surface area contributed by atoms with E-state index in [0.29, 0.717) is 0 Å². The number of carbonyl (C=O) groups excluding carboxylic acids is 1. The molecule has 0 saturated carbocycles.